The number of carbonyl (C=O) groups excluding carboxylic acids is 2. The van der Waals surface area contributed by atoms with Gasteiger partial charge in [-0.25, -0.2) is 9.28 Å². The van der Waals surface area contributed by atoms with E-state index in [4.69, 9.17) is 14.5 Å². The lowest BCUT2D eigenvalue weighted by Crippen LogP contribution is -2.43. The number of nitrogens with one attached hydrogen (secondary N) is 1. The molecule has 39 heavy (non-hydrogen) atoms. The summed E-state index contributed by atoms with van der Waals surface area (Å²) in [6, 6.07) is 5.68. The van der Waals surface area contributed by atoms with E-state index in [-0.39, 0.29) is 17.9 Å². The molecule has 1 aromatic carbocycles. The van der Waals surface area contributed by atoms with Crippen molar-refractivity contribution in [1.82, 2.24) is 9.80 Å². The van der Waals surface area contributed by atoms with Crippen LogP contribution in [0.3, 0.4) is 0 Å². The third-order valence-electron chi connectivity index (χ3n) is 7.61. The van der Waals surface area contributed by atoms with E-state index in [2.05, 4.69) is 29.2 Å². The number of ether oxygens (including phenoxy) is 2. The minimum absolute atomic E-state index is 0.126. The number of quaternary nitrogens is 1. The fourth-order valence-corrected chi connectivity index (χ4v) is 5.30. The van der Waals surface area contributed by atoms with Crippen molar-refractivity contribution in [1.29, 1.82) is 0 Å². The second-order valence-electron chi connectivity index (χ2n) is 10.7. The summed E-state index contributed by atoms with van der Waals surface area (Å²) in [6.07, 6.45) is 8.70. The number of aliphatic imine (C=N–C) groups is 2. The van der Waals surface area contributed by atoms with Crippen LogP contribution < -0.4 is 10.1 Å². The van der Waals surface area contributed by atoms with Gasteiger partial charge < -0.3 is 14.4 Å². The largest absolute Gasteiger partial charge is 0.495 e. The van der Waals surface area contributed by atoms with Crippen LogP contribution in [0, 0.1) is 5.92 Å². The molecule has 0 aliphatic carbocycles. The lowest BCUT2D eigenvalue weighted by Gasteiger charge is -2.32. The van der Waals surface area contributed by atoms with Gasteiger partial charge in [-0.2, -0.15) is 4.99 Å². The summed E-state index contributed by atoms with van der Waals surface area (Å²) in [7, 11) is 7.28. The predicted octanol–water partition coefficient (Wildman–Crippen LogP) is 4.21. The molecular weight excluding hydrogens is 496 g/mol. The Hall–Kier alpha value is -3.50. The molecule has 0 aromatic heterocycles. The molecule has 1 aromatic rings. The number of carbonyl (C=O) groups is 2. The van der Waals surface area contributed by atoms with E-state index in [1.807, 2.05) is 37.5 Å². The van der Waals surface area contributed by atoms with Crippen LogP contribution in [0.4, 0.5) is 10.5 Å². The SMILES string of the molecule is CCC[C@H](C)OC(=O)Nc1ccc(C2=NC(C3CCN(CC(=O)N(C)C)CC3)=C3C=NC=C[N+]23C)cc1OC. The summed E-state index contributed by atoms with van der Waals surface area (Å²) in [5.41, 5.74) is 3.55. The topological polar surface area (TPSA) is 95.8 Å². The first-order valence-corrected chi connectivity index (χ1v) is 13.7. The number of likely N-dealkylation sites (tertiary alicyclic amines) is 1. The molecule has 3 aliphatic heterocycles. The van der Waals surface area contributed by atoms with Gasteiger partial charge in [-0.1, -0.05) is 13.3 Å². The Labute approximate surface area is 231 Å². The minimum atomic E-state index is -0.501. The fourth-order valence-electron chi connectivity index (χ4n) is 5.30. The number of fused-ring (bicyclic) bond motifs is 1. The second-order valence-corrected chi connectivity index (χ2v) is 10.7. The molecule has 1 N–H and O–H groups in total. The molecule has 2 amide bonds. The molecule has 3 aliphatic rings. The van der Waals surface area contributed by atoms with Crippen molar-refractivity contribution < 1.29 is 23.5 Å². The number of benzene rings is 1. The molecule has 1 unspecified atom stereocenters. The average molecular weight is 538 g/mol. The van der Waals surface area contributed by atoms with E-state index in [1.54, 1.807) is 32.3 Å². The lowest BCUT2D eigenvalue weighted by atomic mass is 9.92. The number of hydrogen-bond acceptors (Lipinski definition) is 7. The number of hydrogen-bond donors (Lipinski definition) is 1. The van der Waals surface area contributed by atoms with E-state index in [1.165, 1.54) is 0 Å². The van der Waals surface area contributed by atoms with Gasteiger partial charge in [-0.3, -0.25) is 20.0 Å². The van der Waals surface area contributed by atoms with Crippen LogP contribution in [-0.4, -0.2) is 92.3 Å². The van der Waals surface area contributed by atoms with Crippen molar-refractivity contribution in [2.45, 2.75) is 45.6 Å². The lowest BCUT2D eigenvalue weighted by molar-refractivity contribution is -0.713. The summed E-state index contributed by atoms with van der Waals surface area (Å²) >= 11 is 0. The van der Waals surface area contributed by atoms with Gasteiger partial charge in [-0.05, 0) is 57.5 Å². The Bertz CT molecular complexity index is 1210. The summed E-state index contributed by atoms with van der Waals surface area (Å²) in [5, 5.41) is 2.81. The van der Waals surface area contributed by atoms with Gasteiger partial charge in [-0.15, -0.1) is 0 Å². The Morgan fingerprint density at radius 1 is 1.26 bits per heavy atom. The first-order chi connectivity index (χ1) is 18.7. The van der Waals surface area contributed by atoms with E-state index < -0.39 is 6.09 Å². The maximum Gasteiger partial charge on any atom is 0.412 e. The monoisotopic (exact) mass is 537 g/mol. The van der Waals surface area contributed by atoms with E-state index in [0.717, 1.165) is 61.6 Å². The number of amidine groups is 1. The molecule has 2 atom stereocenters. The Morgan fingerprint density at radius 2 is 2.00 bits per heavy atom. The number of allylic oxidation sites excluding steroid dienone is 2. The van der Waals surface area contributed by atoms with E-state index >= 15 is 0 Å². The normalized spacial score (nSPS) is 21.8. The molecule has 1 fully saturated rings. The summed E-state index contributed by atoms with van der Waals surface area (Å²) < 4.78 is 11.5. The fraction of sp³-hybridized carbons (Fsp3) is 0.517. The molecule has 10 heteroatoms. The highest BCUT2D eigenvalue weighted by atomic mass is 16.6. The smallest absolute Gasteiger partial charge is 0.412 e. The van der Waals surface area contributed by atoms with Gasteiger partial charge in [0.15, 0.2) is 5.70 Å². The predicted molar refractivity (Wildman–Crippen MR) is 153 cm³/mol. The Balaban J connectivity index is 1.54. The van der Waals surface area contributed by atoms with E-state index in [0.29, 0.717) is 22.5 Å². The molecule has 210 valence electrons. The zero-order valence-electron chi connectivity index (χ0n) is 23.9. The van der Waals surface area contributed by atoms with Crippen molar-refractivity contribution >= 4 is 29.7 Å². The molecule has 3 heterocycles. The third-order valence-corrected chi connectivity index (χ3v) is 7.61. The van der Waals surface area contributed by atoms with Gasteiger partial charge in [0.2, 0.25) is 11.7 Å². The van der Waals surface area contributed by atoms with Crippen LogP contribution in [0.1, 0.15) is 45.1 Å². The van der Waals surface area contributed by atoms with Gasteiger partial charge in [0.25, 0.3) is 0 Å². The molecule has 0 bridgehead atoms. The number of amides is 2. The summed E-state index contributed by atoms with van der Waals surface area (Å²) in [4.78, 5) is 38.1. The first kappa shape index (κ1) is 28.5. The van der Waals surface area contributed by atoms with Crippen molar-refractivity contribution in [3.05, 3.63) is 47.6 Å². The number of nitrogens with zero attached hydrogens (tertiary/aromatic N) is 5. The molecule has 10 nitrogen and oxygen atoms in total. The highest BCUT2D eigenvalue weighted by molar-refractivity contribution is 6.01. The van der Waals surface area contributed by atoms with Crippen LogP contribution in [0.5, 0.6) is 5.75 Å². The average Bonchev–Trinajstić information content (AvgIpc) is 3.22. The van der Waals surface area contributed by atoms with Crippen molar-refractivity contribution in [2.24, 2.45) is 15.9 Å². The molecule has 1 saturated heterocycles. The number of methoxy groups -OCH3 is 1. The molecule has 4 rings (SSSR count). The van der Waals surface area contributed by atoms with Crippen molar-refractivity contribution in [2.75, 3.05) is 53.2 Å². The Morgan fingerprint density at radius 3 is 2.67 bits per heavy atom. The maximum absolute atomic E-state index is 12.4. The van der Waals surface area contributed by atoms with Crippen molar-refractivity contribution in [3.8, 4) is 5.75 Å². The molecule has 0 spiro atoms. The van der Waals surface area contributed by atoms with Gasteiger partial charge in [0.1, 0.15) is 23.8 Å². The summed E-state index contributed by atoms with van der Waals surface area (Å²) in [6.45, 7) is 6.09. The third kappa shape index (κ3) is 6.23. The highest BCUT2D eigenvalue weighted by Crippen LogP contribution is 2.40. The van der Waals surface area contributed by atoms with Crippen LogP contribution in [-0.2, 0) is 9.53 Å². The first-order valence-electron chi connectivity index (χ1n) is 13.7. The number of likely N-dealkylation sites (N-methyl/N-ethyl adjacent to an activating group) is 1. The number of rotatable bonds is 9. The van der Waals surface area contributed by atoms with Gasteiger partial charge in [0.05, 0.1) is 44.4 Å². The van der Waals surface area contributed by atoms with Crippen LogP contribution >= 0.6 is 0 Å². The zero-order valence-corrected chi connectivity index (χ0v) is 23.9. The minimum Gasteiger partial charge on any atom is -0.495 e. The van der Waals surface area contributed by atoms with Crippen LogP contribution in [0.2, 0.25) is 0 Å². The molecule has 0 radical (unpaired) electrons. The number of anilines is 1. The maximum atomic E-state index is 12.4. The standard InChI is InChI=1S/C29H40N6O4/c1-7-8-20(2)39-29(37)31-23-10-9-22(17-25(23)38-6)28-32-27(24-18-30-13-16-35(24,28)5)21-11-14-34(15-12-21)19-26(36)33(3)4/h9-10,13,16-18,20-21H,7-8,11-12,14-15,19H2,1-6H3/p+1/t20-,35?/m0/s1. The molecule has 0 saturated carbocycles. The Kier molecular flexibility index (Phi) is 8.87. The van der Waals surface area contributed by atoms with Gasteiger partial charge >= 0.3 is 6.09 Å². The van der Waals surface area contributed by atoms with Crippen LogP contribution in [0.15, 0.2) is 52.0 Å². The highest BCUT2D eigenvalue weighted by Gasteiger charge is 2.44. The number of piperidine rings is 1. The van der Waals surface area contributed by atoms with Crippen molar-refractivity contribution in [3.63, 3.8) is 0 Å². The van der Waals surface area contributed by atoms with Crippen LogP contribution in [0.25, 0.3) is 0 Å². The quantitative estimate of drug-likeness (QED) is 0.476. The van der Waals surface area contributed by atoms with Gasteiger partial charge in [0, 0.05) is 20.0 Å². The summed E-state index contributed by atoms with van der Waals surface area (Å²) in [5.74, 6) is 1.81. The second kappa shape index (κ2) is 12.1. The zero-order chi connectivity index (χ0) is 28.2. The van der Waals surface area contributed by atoms with E-state index in [9.17, 15) is 9.59 Å². The molecular formula is C29H41N6O4+.